The number of hydrogen-bond acceptors (Lipinski definition) is 1. The van der Waals surface area contributed by atoms with Crippen LogP contribution in [0.25, 0.3) is 0 Å². The highest BCUT2D eigenvalue weighted by atomic mass is 16.1. The van der Waals surface area contributed by atoms with Crippen molar-refractivity contribution < 1.29 is 4.79 Å². The summed E-state index contributed by atoms with van der Waals surface area (Å²) in [6.07, 6.45) is 28.3. The lowest BCUT2D eigenvalue weighted by atomic mass is 9.87. The second-order valence-electron chi connectivity index (χ2n) is 8.94. The Kier molecular flexibility index (Phi) is 22.3. The molecule has 0 saturated carbocycles. The van der Waals surface area contributed by atoms with Crippen molar-refractivity contribution in [1.82, 2.24) is 5.32 Å². The third-order valence-corrected chi connectivity index (χ3v) is 6.40. The van der Waals surface area contributed by atoms with Gasteiger partial charge in [-0.3, -0.25) is 4.79 Å². The highest BCUT2D eigenvalue weighted by Gasteiger charge is 2.18. The maximum absolute atomic E-state index is 10.9. The van der Waals surface area contributed by atoms with Crippen molar-refractivity contribution in [3.05, 3.63) is 0 Å². The van der Waals surface area contributed by atoms with Crippen LogP contribution in [0.5, 0.6) is 0 Å². The Hall–Kier alpha value is -0.530. The average Bonchev–Trinajstić information content (AvgIpc) is 2.71. The Morgan fingerprint density at radius 2 is 0.929 bits per heavy atom. The second kappa shape index (κ2) is 22.8. The van der Waals surface area contributed by atoms with Gasteiger partial charge in [-0.25, -0.2) is 0 Å². The summed E-state index contributed by atoms with van der Waals surface area (Å²) in [4.78, 5) is 10.9. The maximum Gasteiger partial charge on any atom is 0.207 e. The van der Waals surface area contributed by atoms with Crippen molar-refractivity contribution in [1.29, 1.82) is 0 Å². The maximum atomic E-state index is 10.9. The third-order valence-electron chi connectivity index (χ3n) is 6.40. The van der Waals surface area contributed by atoms with Gasteiger partial charge in [-0.05, 0) is 25.2 Å². The molecule has 0 heterocycles. The minimum atomic E-state index is 0.386. The molecule has 168 valence electrons. The molecule has 2 unspecified atom stereocenters. The zero-order chi connectivity index (χ0) is 20.7. The van der Waals surface area contributed by atoms with Gasteiger partial charge in [-0.2, -0.15) is 0 Å². The van der Waals surface area contributed by atoms with E-state index >= 15 is 0 Å². The van der Waals surface area contributed by atoms with Crippen LogP contribution in [0, 0.1) is 5.92 Å². The Balaban J connectivity index is 3.70. The molecule has 2 atom stereocenters. The van der Waals surface area contributed by atoms with E-state index in [4.69, 9.17) is 0 Å². The normalized spacial score (nSPS) is 13.4. The SMILES string of the molecule is CCCCCCCCCCCCCCCC(CCCCCC)C(CC)NC=O. The molecular formula is C26H53NO. The van der Waals surface area contributed by atoms with E-state index in [-0.39, 0.29) is 0 Å². The number of carbonyl (C=O) groups excluding carboxylic acids is 1. The molecule has 1 N–H and O–H groups in total. The number of rotatable bonds is 23. The molecule has 0 aromatic heterocycles. The number of unbranched alkanes of at least 4 members (excludes halogenated alkanes) is 15. The van der Waals surface area contributed by atoms with E-state index in [1.54, 1.807) is 0 Å². The van der Waals surface area contributed by atoms with E-state index in [1.807, 2.05) is 0 Å². The summed E-state index contributed by atoms with van der Waals surface area (Å²) in [7, 11) is 0. The molecule has 1 amide bonds. The molecule has 0 rings (SSSR count). The molecule has 0 fully saturated rings. The molecule has 0 spiro atoms. The van der Waals surface area contributed by atoms with Gasteiger partial charge < -0.3 is 5.32 Å². The molecule has 0 aliphatic carbocycles. The summed E-state index contributed by atoms with van der Waals surface area (Å²) in [5.41, 5.74) is 0. The lowest BCUT2D eigenvalue weighted by Gasteiger charge is -2.26. The minimum Gasteiger partial charge on any atom is -0.356 e. The lowest BCUT2D eigenvalue weighted by Crippen LogP contribution is -2.34. The van der Waals surface area contributed by atoms with Crippen molar-refractivity contribution in [2.24, 2.45) is 5.92 Å². The molecule has 0 bridgehead atoms. The zero-order valence-electron chi connectivity index (χ0n) is 19.8. The number of amides is 1. The Bertz CT molecular complexity index is 305. The molecule has 0 aliphatic heterocycles. The van der Waals surface area contributed by atoms with E-state index in [2.05, 4.69) is 26.1 Å². The first-order chi connectivity index (χ1) is 13.8. The van der Waals surface area contributed by atoms with Gasteiger partial charge in [-0.1, -0.05) is 130 Å². The third kappa shape index (κ3) is 17.6. The smallest absolute Gasteiger partial charge is 0.207 e. The molecule has 0 aromatic rings. The number of nitrogens with one attached hydrogen (secondary N) is 1. The monoisotopic (exact) mass is 395 g/mol. The van der Waals surface area contributed by atoms with Crippen LogP contribution in [0.1, 0.15) is 149 Å². The van der Waals surface area contributed by atoms with Crippen LogP contribution in [0.2, 0.25) is 0 Å². The predicted molar refractivity (Wildman–Crippen MR) is 126 cm³/mol. The largest absolute Gasteiger partial charge is 0.356 e. The van der Waals surface area contributed by atoms with Crippen LogP contribution in [0.15, 0.2) is 0 Å². The van der Waals surface area contributed by atoms with Gasteiger partial charge in [0.2, 0.25) is 6.41 Å². The van der Waals surface area contributed by atoms with Gasteiger partial charge in [-0.15, -0.1) is 0 Å². The van der Waals surface area contributed by atoms with Crippen LogP contribution in [-0.4, -0.2) is 12.5 Å². The topological polar surface area (TPSA) is 29.1 Å². The Labute approximate surface area is 178 Å². The fourth-order valence-corrected chi connectivity index (χ4v) is 4.48. The predicted octanol–water partition coefficient (Wildman–Crippen LogP) is 8.58. The average molecular weight is 396 g/mol. The van der Waals surface area contributed by atoms with Gasteiger partial charge in [0, 0.05) is 6.04 Å². The Morgan fingerprint density at radius 3 is 1.29 bits per heavy atom. The van der Waals surface area contributed by atoms with E-state index in [0.29, 0.717) is 12.0 Å². The van der Waals surface area contributed by atoms with Gasteiger partial charge in [0.15, 0.2) is 0 Å². The fraction of sp³-hybridized carbons (Fsp3) is 0.962. The van der Waals surface area contributed by atoms with Gasteiger partial charge in [0.1, 0.15) is 0 Å². The summed E-state index contributed by atoms with van der Waals surface area (Å²) in [6, 6.07) is 0.386. The molecule has 2 nitrogen and oxygen atoms in total. The van der Waals surface area contributed by atoms with E-state index in [1.165, 1.54) is 122 Å². The molecule has 28 heavy (non-hydrogen) atoms. The second-order valence-corrected chi connectivity index (χ2v) is 8.94. The molecule has 0 aliphatic rings. The lowest BCUT2D eigenvalue weighted by molar-refractivity contribution is -0.110. The van der Waals surface area contributed by atoms with E-state index in [0.717, 1.165) is 12.8 Å². The van der Waals surface area contributed by atoms with Gasteiger partial charge >= 0.3 is 0 Å². The molecule has 0 radical (unpaired) electrons. The van der Waals surface area contributed by atoms with Crippen LogP contribution in [0.3, 0.4) is 0 Å². The van der Waals surface area contributed by atoms with Crippen LogP contribution >= 0.6 is 0 Å². The van der Waals surface area contributed by atoms with Crippen molar-refractivity contribution in [3.8, 4) is 0 Å². The highest BCUT2D eigenvalue weighted by Crippen LogP contribution is 2.23. The summed E-state index contributed by atoms with van der Waals surface area (Å²) >= 11 is 0. The van der Waals surface area contributed by atoms with E-state index in [9.17, 15) is 4.79 Å². The standard InChI is InChI=1S/C26H53NO/c1-4-7-9-11-12-13-14-15-16-17-18-19-21-23-25(22-20-10-8-5-2)26(6-3)27-24-28/h24-26H,4-23H2,1-3H3,(H,27,28). The van der Waals surface area contributed by atoms with Gasteiger partial charge in [0.25, 0.3) is 0 Å². The van der Waals surface area contributed by atoms with Crippen molar-refractivity contribution >= 4 is 6.41 Å². The molecule has 0 saturated heterocycles. The van der Waals surface area contributed by atoms with Crippen LogP contribution < -0.4 is 5.32 Å². The summed E-state index contributed by atoms with van der Waals surface area (Å²) in [5.74, 6) is 0.680. The highest BCUT2D eigenvalue weighted by molar-refractivity contribution is 5.46. The first kappa shape index (κ1) is 27.5. The summed E-state index contributed by atoms with van der Waals surface area (Å²) in [5, 5.41) is 3.09. The summed E-state index contributed by atoms with van der Waals surface area (Å²) in [6.45, 7) is 6.77. The van der Waals surface area contributed by atoms with Crippen LogP contribution in [-0.2, 0) is 4.79 Å². The Morgan fingerprint density at radius 1 is 0.571 bits per heavy atom. The minimum absolute atomic E-state index is 0.386. The first-order valence-electron chi connectivity index (χ1n) is 13.0. The van der Waals surface area contributed by atoms with Crippen molar-refractivity contribution in [3.63, 3.8) is 0 Å². The fourth-order valence-electron chi connectivity index (χ4n) is 4.48. The van der Waals surface area contributed by atoms with Crippen molar-refractivity contribution in [2.75, 3.05) is 0 Å². The number of carbonyl (C=O) groups is 1. The molecule has 0 aromatic carbocycles. The van der Waals surface area contributed by atoms with Crippen LogP contribution in [0.4, 0.5) is 0 Å². The zero-order valence-corrected chi connectivity index (χ0v) is 19.8. The first-order valence-corrected chi connectivity index (χ1v) is 13.0. The quantitative estimate of drug-likeness (QED) is 0.136. The number of hydrogen-bond donors (Lipinski definition) is 1. The van der Waals surface area contributed by atoms with Gasteiger partial charge in [0.05, 0.1) is 0 Å². The summed E-state index contributed by atoms with van der Waals surface area (Å²) < 4.78 is 0. The van der Waals surface area contributed by atoms with E-state index < -0.39 is 0 Å². The molecule has 2 heteroatoms. The molecular weight excluding hydrogens is 342 g/mol. The van der Waals surface area contributed by atoms with Crippen molar-refractivity contribution in [2.45, 2.75) is 155 Å².